The molecule has 11 rings (SSSR count). The lowest BCUT2D eigenvalue weighted by Crippen LogP contribution is -2.74. The van der Waals surface area contributed by atoms with Crippen molar-refractivity contribution >= 4 is 72.6 Å². The summed E-state index contributed by atoms with van der Waals surface area (Å²) in [5.74, 6) is 1.80. The average Bonchev–Trinajstić information content (AvgIpc) is 3.83. The third-order valence-corrected chi connectivity index (χ3v) is 16.0. The van der Waals surface area contributed by atoms with Gasteiger partial charge in [-0.2, -0.15) is 9.97 Å². The predicted octanol–water partition coefficient (Wildman–Crippen LogP) is 9.58. The molecule has 0 spiro atoms. The van der Waals surface area contributed by atoms with E-state index in [1.54, 1.807) is 0 Å². The zero-order chi connectivity index (χ0) is 37.8. The van der Waals surface area contributed by atoms with Crippen LogP contribution in [0.2, 0.25) is 0 Å². The number of para-hydroxylation sites is 3. The van der Waals surface area contributed by atoms with Crippen LogP contribution < -0.4 is 20.7 Å². The van der Waals surface area contributed by atoms with Gasteiger partial charge in [0.25, 0.3) is 0 Å². The summed E-state index contributed by atoms with van der Waals surface area (Å²) in [4.78, 5) is 15.7. The maximum atomic E-state index is 6.55. The van der Waals surface area contributed by atoms with Crippen LogP contribution in [0.4, 0.5) is 0 Å². The Balaban J connectivity index is 1.18. The quantitative estimate of drug-likeness (QED) is 0.121. The van der Waals surface area contributed by atoms with Crippen LogP contribution in [0.1, 0.15) is 0 Å². The van der Waals surface area contributed by atoms with E-state index in [0.29, 0.717) is 17.6 Å². The zero-order valence-electron chi connectivity index (χ0n) is 30.8. The molecule has 6 heteroatoms. The highest BCUT2D eigenvalue weighted by atomic mass is 28.3. The van der Waals surface area contributed by atoms with Crippen molar-refractivity contribution in [3.05, 3.63) is 206 Å². The van der Waals surface area contributed by atoms with Crippen LogP contribution in [0.25, 0.3) is 72.5 Å². The van der Waals surface area contributed by atoms with Crippen molar-refractivity contribution in [2.24, 2.45) is 0 Å². The van der Waals surface area contributed by atoms with Gasteiger partial charge in [0.15, 0.2) is 19.7 Å². The molecule has 0 aliphatic carbocycles. The summed E-state index contributed by atoms with van der Waals surface area (Å²) in [5.41, 5.74) is 5.71. The Morgan fingerprint density at radius 2 is 0.842 bits per heavy atom. The zero-order valence-corrected chi connectivity index (χ0v) is 31.8. The van der Waals surface area contributed by atoms with Crippen LogP contribution in [0.5, 0.6) is 0 Å². The van der Waals surface area contributed by atoms with Gasteiger partial charge in [-0.3, -0.25) is 4.57 Å². The number of nitrogens with zero attached hydrogens (tertiary/aromatic N) is 4. The minimum Gasteiger partial charge on any atom is -0.456 e. The maximum absolute atomic E-state index is 6.55. The van der Waals surface area contributed by atoms with E-state index in [0.717, 1.165) is 54.9 Å². The molecule has 5 nitrogen and oxygen atoms in total. The Morgan fingerprint density at radius 3 is 1.51 bits per heavy atom. The highest BCUT2D eigenvalue weighted by molar-refractivity contribution is 7.20. The molecular weight excluding hydrogens is 713 g/mol. The van der Waals surface area contributed by atoms with Crippen molar-refractivity contribution in [3.8, 4) is 28.7 Å². The van der Waals surface area contributed by atoms with Gasteiger partial charge in [0.2, 0.25) is 5.95 Å². The molecule has 0 aliphatic rings. The van der Waals surface area contributed by atoms with Crippen LogP contribution in [-0.2, 0) is 0 Å². The van der Waals surface area contributed by atoms with E-state index >= 15 is 0 Å². The fraction of sp³-hybridized carbons (Fsp3) is 0. The first kappa shape index (κ1) is 33.0. The number of rotatable bonds is 7. The van der Waals surface area contributed by atoms with Gasteiger partial charge >= 0.3 is 0 Å². The first-order valence-corrected chi connectivity index (χ1v) is 21.2. The largest absolute Gasteiger partial charge is 0.456 e. The SMILES string of the molecule is c1ccc(-c2nc(-c3cccc([Si](c4ccccc4)(c4ccccc4)c4ccc5c(c4)oc4ccccc45)c3)nc(-n3c4ccccc4c4ccccc43)n2)cc1. The number of furan rings is 1. The minimum absolute atomic E-state index is 0.576. The summed E-state index contributed by atoms with van der Waals surface area (Å²) in [5, 5.41) is 9.54. The predicted molar refractivity (Wildman–Crippen MR) is 236 cm³/mol. The van der Waals surface area contributed by atoms with E-state index in [9.17, 15) is 0 Å². The molecule has 0 N–H and O–H groups in total. The first-order valence-electron chi connectivity index (χ1n) is 19.2. The molecule has 57 heavy (non-hydrogen) atoms. The molecule has 0 radical (unpaired) electrons. The summed E-state index contributed by atoms with van der Waals surface area (Å²) >= 11 is 0. The molecule has 0 bridgehead atoms. The Kier molecular flexibility index (Phi) is 7.76. The van der Waals surface area contributed by atoms with Gasteiger partial charge in [-0.05, 0) is 45.0 Å². The molecule has 3 aromatic heterocycles. The normalized spacial score (nSPS) is 11.9. The van der Waals surface area contributed by atoms with E-state index in [-0.39, 0.29) is 0 Å². The third kappa shape index (κ3) is 5.34. The van der Waals surface area contributed by atoms with E-state index in [1.807, 2.05) is 30.3 Å². The smallest absolute Gasteiger partial charge is 0.238 e. The van der Waals surface area contributed by atoms with Gasteiger partial charge in [-0.1, -0.05) is 182 Å². The van der Waals surface area contributed by atoms with Crippen LogP contribution in [0.3, 0.4) is 0 Å². The summed E-state index contributed by atoms with van der Waals surface area (Å²) in [6, 6.07) is 73.0. The maximum Gasteiger partial charge on any atom is 0.238 e. The van der Waals surface area contributed by atoms with Gasteiger partial charge in [0, 0.05) is 32.7 Å². The van der Waals surface area contributed by atoms with Gasteiger partial charge in [0.1, 0.15) is 11.2 Å². The van der Waals surface area contributed by atoms with Gasteiger partial charge in [-0.15, -0.1) is 0 Å². The second-order valence-corrected chi connectivity index (χ2v) is 18.2. The lowest BCUT2D eigenvalue weighted by molar-refractivity contribution is 0.669. The van der Waals surface area contributed by atoms with Gasteiger partial charge < -0.3 is 4.42 Å². The molecule has 0 atom stereocenters. The number of hydrogen-bond acceptors (Lipinski definition) is 4. The summed E-state index contributed by atoms with van der Waals surface area (Å²) in [6.07, 6.45) is 0. The second kappa shape index (κ2) is 13.4. The highest BCUT2D eigenvalue weighted by Crippen LogP contribution is 2.33. The van der Waals surface area contributed by atoms with E-state index < -0.39 is 8.07 Å². The number of aromatic nitrogens is 4. The Labute approximate surface area is 330 Å². The van der Waals surface area contributed by atoms with Crippen molar-refractivity contribution in [1.29, 1.82) is 0 Å². The van der Waals surface area contributed by atoms with E-state index in [1.165, 1.54) is 20.7 Å². The molecule has 268 valence electrons. The fourth-order valence-corrected chi connectivity index (χ4v) is 13.5. The van der Waals surface area contributed by atoms with Crippen molar-refractivity contribution in [2.75, 3.05) is 0 Å². The molecule has 0 amide bonds. The van der Waals surface area contributed by atoms with Crippen LogP contribution in [0, 0.1) is 0 Å². The van der Waals surface area contributed by atoms with Crippen LogP contribution in [0.15, 0.2) is 211 Å². The molecule has 0 aliphatic heterocycles. The Bertz CT molecular complexity index is 3160. The molecule has 8 aromatic carbocycles. The molecule has 11 aromatic rings. The number of fused-ring (bicyclic) bond motifs is 6. The highest BCUT2D eigenvalue weighted by Gasteiger charge is 2.42. The Hall–Kier alpha value is -7.41. The number of benzene rings is 8. The van der Waals surface area contributed by atoms with Crippen molar-refractivity contribution in [2.45, 2.75) is 0 Å². The monoisotopic (exact) mass is 746 g/mol. The van der Waals surface area contributed by atoms with Crippen LogP contribution >= 0.6 is 0 Å². The second-order valence-electron chi connectivity index (χ2n) is 14.4. The van der Waals surface area contributed by atoms with Crippen molar-refractivity contribution < 1.29 is 4.42 Å². The molecule has 0 fully saturated rings. The van der Waals surface area contributed by atoms with Crippen LogP contribution in [-0.4, -0.2) is 27.6 Å². The third-order valence-electron chi connectivity index (χ3n) is 11.2. The first-order chi connectivity index (χ1) is 28.3. The minimum atomic E-state index is -2.98. The van der Waals surface area contributed by atoms with Crippen molar-refractivity contribution in [1.82, 2.24) is 19.5 Å². The van der Waals surface area contributed by atoms with Crippen molar-refractivity contribution in [3.63, 3.8) is 0 Å². The fourth-order valence-electron chi connectivity index (χ4n) is 8.68. The van der Waals surface area contributed by atoms with Gasteiger partial charge in [-0.25, -0.2) is 4.98 Å². The summed E-state index contributed by atoms with van der Waals surface area (Å²) < 4.78 is 8.72. The van der Waals surface area contributed by atoms with E-state index in [2.05, 4.69) is 180 Å². The lowest BCUT2D eigenvalue weighted by atomic mass is 10.1. The summed E-state index contributed by atoms with van der Waals surface area (Å²) in [7, 11) is -2.98. The number of hydrogen-bond donors (Lipinski definition) is 0. The Morgan fingerprint density at radius 1 is 0.351 bits per heavy atom. The topological polar surface area (TPSA) is 56.7 Å². The molecule has 3 heterocycles. The molecular formula is C51H34N4OSi. The average molecular weight is 747 g/mol. The lowest BCUT2D eigenvalue weighted by Gasteiger charge is -2.34. The molecule has 0 saturated carbocycles. The van der Waals surface area contributed by atoms with E-state index in [4.69, 9.17) is 19.4 Å². The summed E-state index contributed by atoms with van der Waals surface area (Å²) in [6.45, 7) is 0. The molecule has 0 unspecified atom stereocenters. The standard InChI is InChI=1S/C51H34N4OSi/c1-4-17-35(18-5-1)49-52-50(54-51(53-49)55-45-28-13-10-25-41(45)42-26-11-14-29-46(42)55)36-19-16-24-39(33-36)57(37-20-6-2-7-21-37,38-22-8-3-9-23-38)40-31-32-44-43-27-12-15-30-47(43)56-48(44)34-40/h1-34H. The molecule has 0 saturated heterocycles. The van der Waals surface area contributed by atoms with Gasteiger partial charge in [0.05, 0.1) is 11.0 Å².